The summed E-state index contributed by atoms with van der Waals surface area (Å²) in [7, 11) is 1.29. The largest absolute Gasteiger partial charge is 0.433 e. The molecule has 1 N–H and O–H groups in total. The van der Waals surface area contributed by atoms with Gasteiger partial charge in [0.25, 0.3) is 0 Å². The number of aromatic nitrogens is 2. The van der Waals surface area contributed by atoms with Crippen LogP contribution in [0.4, 0.5) is 13.2 Å². The van der Waals surface area contributed by atoms with Crippen LogP contribution in [-0.2, 0) is 24.5 Å². The number of aryl methyl sites for hydroxylation is 1. The Morgan fingerprint density at radius 3 is 2.60 bits per heavy atom. The molecule has 0 aliphatic rings. The number of alkyl halides is 3. The van der Waals surface area contributed by atoms with Gasteiger partial charge < -0.3 is 10.1 Å². The average molecular weight is 316 g/mol. The van der Waals surface area contributed by atoms with Gasteiger partial charge >= 0.3 is 6.18 Å². The van der Waals surface area contributed by atoms with Crippen molar-refractivity contribution in [3.8, 4) is 0 Å². The van der Waals surface area contributed by atoms with Crippen molar-refractivity contribution in [2.75, 3.05) is 13.2 Å². The molecule has 0 spiro atoms. The molecule has 0 bridgehead atoms. The van der Waals surface area contributed by atoms with Crippen LogP contribution in [0, 0.1) is 0 Å². The van der Waals surface area contributed by atoms with Gasteiger partial charge in [0.2, 0.25) is 0 Å². The first-order valence-electron chi connectivity index (χ1n) is 6.22. The van der Waals surface area contributed by atoms with Gasteiger partial charge in [-0.2, -0.15) is 18.3 Å². The lowest BCUT2D eigenvalue weighted by Crippen LogP contribution is -2.20. The van der Waals surface area contributed by atoms with Crippen LogP contribution in [0.2, 0.25) is 0 Å². The molecule has 20 heavy (non-hydrogen) atoms. The minimum absolute atomic E-state index is 0. The topological polar surface area (TPSA) is 39.1 Å². The van der Waals surface area contributed by atoms with Crippen LogP contribution in [0.5, 0.6) is 0 Å². The van der Waals surface area contributed by atoms with Gasteiger partial charge in [0, 0.05) is 25.8 Å². The predicted octanol–water partition coefficient (Wildman–Crippen LogP) is 2.77. The second-order valence-electron chi connectivity index (χ2n) is 4.59. The van der Waals surface area contributed by atoms with Crippen LogP contribution in [0.1, 0.15) is 31.5 Å². The first-order valence-corrected chi connectivity index (χ1v) is 6.22. The third-order valence-electron chi connectivity index (χ3n) is 2.55. The Bertz CT molecular complexity index is 394. The molecular formula is C12H21ClF3N3O. The highest BCUT2D eigenvalue weighted by Crippen LogP contribution is 2.31. The molecule has 1 rings (SSSR count). The maximum absolute atomic E-state index is 12.8. The number of halogens is 4. The molecule has 4 nitrogen and oxygen atoms in total. The molecule has 0 aliphatic heterocycles. The van der Waals surface area contributed by atoms with Gasteiger partial charge in [0.1, 0.15) is 5.69 Å². The SMILES string of the molecule is CC(C)OCCCNCc1cnn(C)c1C(F)(F)F.Cl. The van der Waals surface area contributed by atoms with Gasteiger partial charge in [0.15, 0.2) is 0 Å². The molecule has 0 aromatic carbocycles. The Morgan fingerprint density at radius 2 is 2.05 bits per heavy atom. The third kappa shape index (κ3) is 6.11. The zero-order chi connectivity index (χ0) is 14.5. The fourth-order valence-corrected chi connectivity index (χ4v) is 1.72. The lowest BCUT2D eigenvalue weighted by molar-refractivity contribution is -0.144. The Kier molecular flexibility index (Phi) is 8.15. The quantitative estimate of drug-likeness (QED) is 0.786. The average Bonchev–Trinajstić information content (AvgIpc) is 2.64. The monoisotopic (exact) mass is 315 g/mol. The lowest BCUT2D eigenvalue weighted by Gasteiger charge is -2.11. The van der Waals surface area contributed by atoms with Crippen molar-refractivity contribution in [3.63, 3.8) is 0 Å². The highest BCUT2D eigenvalue weighted by molar-refractivity contribution is 5.85. The maximum atomic E-state index is 12.8. The molecule has 0 saturated heterocycles. The summed E-state index contributed by atoms with van der Waals surface area (Å²) in [6, 6.07) is 0. The van der Waals surface area contributed by atoms with Crippen molar-refractivity contribution >= 4 is 12.4 Å². The normalized spacial score (nSPS) is 11.8. The number of nitrogens with one attached hydrogen (secondary N) is 1. The van der Waals surface area contributed by atoms with Crippen LogP contribution >= 0.6 is 12.4 Å². The van der Waals surface area contributed by atoms with Crippen LogP contribution in [0.15, 0.2) is 6.20 Å². The number of ether oxygens (including phenoxy) is 1. The van der Waals surface area contributed by atoms with E-state index < -0.39 is 11.9 Å². The Labute approximate surface area is 123 Å². The Balaban J connectivity index is 0.00000361. The summed E-state index contributed by atoms with van der Waals surface area (Å²) in [4.78, 5) is 0. The highest BCUT2D eigenvalue weighted by Gasteiger charge is 2.36. The van der Waals surface area contributed by atoms with E-state index in [0.717, 1.165) is 11.1 Å². The first kappa shape index (κ1) is 19.2. The molecule has 1 aromatic rings. The van der Waals surface area contributed by atoms with E-state index in [2.05, 4.69) is 10.4 Å². The molecule has 8 heteroatoms. The van der Waals surface area contributed by atoms with E-state index in [0.29, 0.717) is 13.2 Å². The fourth-order valence-electron chi connectivity index (χ4n) is 1.72. The van der Waals surface area contributed by atoms with Gasteiger partial charge in [-0.25, -0.2) is 0 Å². The van der Waals surface area contributed by atoms with E-state index >= 15 is 0 Å². The van der Waals surface area contributed by atoms with Crippen molar-refractivity contribution in [2.24, 2.45) is 7.05 Å². The molecule has 0 saturated carbocycles. The van der Waals surface area contributed by atoms with Crippen molar-refractivity contribution in [3.05, 3.63) is 17.5 Å². The molecule has 0 fully saturated rings. The molecule has 0 atom stereocenters. The van der Waals surface area contributed by atoms with Crippen LogP contribution in [0.3, 0.4) is 0 Å². The van der Waals surface area contributed by atoms with Crippen LogP contribution in [0.25, 0.3) is 0 Å². The molecule has 0 aliphatic carbocycles. The van der Waals surface area contributed by atoms with E-state index in [-0.39, 0.29) is 30.6 Å². The number of rotatable bonds is 7. The van der Waals surface area contributed by atoms with Crippen molar-refractivity contribution in [1.82, 2.24) is 15.1 Å². The van der Waals surface area contributed by atoms with Gasteiger partial charge in [-0.3, -0.25) is 4.68 Å². The van der Waals surface area contributed by atoms with Crippen molar-refractivity contribution in [2.45, 2.75) is 39.1 Å². The predicted molar refractivity (Wildman–Crippen MR) is 72.9 cm³/mol. The van der Waals surface area contributed by atoms with Crippen LogP contribution in [-0.4, -0.2) is 29.0 Å². The van der Waals surface area contributed by atoms with E-state index in [1.807, 2.05) is 13.8 Å². The highest BCUT2D eigenvalue weighted by atomic mass is 35.5. The summed E-state index contributed by atoms with van der Waals surface area (Å²) in [5.41, 5.74) is -0.529. The Morgan fingerprint density at radius 1 is 1.40 bits per heavy atom. The smallest absolute Gasteiger partial charge is 0.379 e. The van der Waals surface area contributed by atoms with E-state index in [4.69, 9.17) is 4.74 Å². The third-order valence-corrected chi connectivity index (χ3v) is 2.55. The molecule has 0 radical (unpaired) electrons. The standard InChI is InChI=1S/C12H20F3N3O.ClH/c1-9(2)19-6-4-5-16-7-10-8-17-18(3)11(10)12(13,14)15;/h8-9,16H,4-7H2,1-3H3;1H. The van der Waals surface area contributed by atoms with Crippen molar-refractivity contribution in [1.29, 1.82) is 0 Å². The molecule has 1 heterocycles. The summed E-state index contributed by atoms with van der Waals surface area (Å²) < 4.78 is 44.5. The fraction of sp³-hybridized carbons (Fsp3) is 0.750. The number of hydrogen-bond acceptors (Lipinski definition) is 3. The van der Waals surface area contributed by atoms with E-state index in [1.165, 1.54) is 13.2 Å². The summed E-state index contributed by atoms with van der Waals surface area (Å²) in [5, 5.41) is 6.62. The minimum Gasteiger partial charge on any atom is -0.379 e. The molecule has 0 unspecified atom stereocenters. The maximum Gasteiger partial charge on any atom is 0.433 e. The first-order chi connectivity index (χ1) is 8.82. The molecule has 118 valence electrons. The molecular weight excluding hydrogens is 295 g/mol. The van der Waals surface area contributed by atoms with Gasteiger partial charge in [-0.05, 0) is 26.8 Å². The molecule has 0 amide bonds. The van der Waals surface area contributed by atoms with Gasteiger partial charge in [-0.15, -0.1) is 12.4 Å². The molecule has 1 aromatic heterocycles. The Hall–Kier alpha value is -0.790. The van der Waals surface area contributed by atoms with Gasteiger partial charge in [0.05, 0.1) is 12.3 Å². The zero-order valence-corrected chi connectivity index (χ0v) is 12.6. The second-order valence-corrected chi connectivity index (χ2v) is 4.59. The summed E-state index contributed by atoms with van der Waals surface area (Å²) in [6.07, 6.45) is -2.18. The minimum atomic E-state index is -4.37. The number of nitrogens with zero attached hydrogens (tertiary/aromatic N) is 2. The summed E-state index contributed by atoms with van der Waals surface area (Å²) in [6.45, 7) is 5.25. The van der Waals surface area contributed by atoms with Crippen LogP contribution < -0.4 is 5.32 Å². The van der Waals surface area contributed by atoms with Gasteiger partial charge in [-0.1, -0.05) is 0 Å². The van der Waals surface area contributed by atoms with Crippen molar-refractivity contribution < 1.29 is 17.9 Å². The zero-order valence-electron chi connectivity index (χ0n) is 11.8. The van der Waals surface area contributed by atoms with E-state index in [1.54, 1.807) is 0 Å². The van der Waals surface area contributed by atoms with E-state index in [9.17, 15) is 13.2 Å². The second kappa shape index (κ2) is 8.49. The summed E-state index contributed by atoms with van der Waals surface area (Å²) in [5.74, 6) is 0. The number of hydrogen-bond donors (Lipinski definition) is 1. The summed E-state index contributed by atoms with van der Waals surface area (Å²) >= 11 is 0. The lowest BCUT2D eigenvalue weighted by atomic mass is 10.2.